The molecule has 2 aromatic carbocycles. The number of methoxy groups -OCH3 is 1. The summed E-state index contributed by atoms with van der Waals surface area (Å²) in [7, 11) is -0.179. The van der Waals surface area contributed by atoms with Gasteiger partial charge in [0.1, 0.15) is 5.75 Å². The van der Waals surface area contributed by atoms with Crippen molar-refractivity contribution in [2.75, 3.05) is 7.11 Å². The van der Waals surface area contributed by atoms with Crippen LogP contribution in [0.5, 0.6) is 5.75 Å². The molecule has 0 aliphatic heterocycles. The number of fused-ring (bicyclic) bond motifs is 1. The summed E-state index contributed by atoms with van der Waals surface area (Å²) in [5, 5.41) is 1.36. The molecule has 3 rings (SSSR count). The van der Waals surface area contributed by atoms with Crippen LogP contribution in [0.15, 0.2) is 60.8 Å². The molecule has 0 fully saturated rings. The zero-order chi connectivity index (χ0) is 22.5. The van der Waals surface area contributed by atoms with Crippen LogP contribution >= 0.6 is 0 Å². The molecule has 0 aliphatic rings. The van der Waals surface area contributed by atoms with Crippen LogP contribution in [0, 0.1) is 0 Å². The smallest absolute Gasteiger partial charge is 0.192 e. The van der Waals surface area contributed by atoms with Crippen LogP contribution in [0.4, 0.5) is 0 Å². The van der Waals surface area contributed by atoms with Gasteiger partial charge < -0.3 is 9.16 Å². The van der Waals surface area contributed by atoms with Gasteiger partial charge in [-0.2, -0.15) is 0 Å². The molecule has 0 bridgehead atoms. The third-order valence-electron chi connectivity index (χ3n) is 6.59. The first-order chi connectivity index (χ1) is 14.7. The van der Waals surface area contributed by atoms with Crippen LogP contribution in [-0.4, -0.2) is 20.4 Å². The second-order valence-corrected chi connectivity index (χ2v) is 14.7. The fraction of sp³-hybridized carbons (Fsp3) is 0.444. The Morgan fingerprint density at radius 3 is 2.39 bits per heavy atom. The second-order valence-electron chi connectivity index (χ2n) is 9.92. The lowest BCUT2D eigenvalue weighted by atomic mass is 10.00. The monoisotopic (exact) mass is 435 g/mol. The Hall–Kier alpha value is -2.17. The average Bonchev–Trinajstić information content (AvgIpc) is 2.75. The molecule has 1 aromatic heterocycles. The minimum absolute atomic E-state index is 0.114. The van der Waals surface area contributed by atoms with Crippen molar-refractivity contribution in [1.29, 1.82) is 0 Å². The lowest BCUT2D eigenvalue weighted by Gasteiger charge is -2.39. The van der Waals surface area contributed by atoms with E-state index >= 15 is 0 Å². The third kappa shape index (κ3) is 6.17. The predicted octanol–water partition coefficient (Wildman–Crippen LogP) is 7.72. The summed E-state index contributed by atoms with van der Waals surface area (Å²) in [5.74, 6) is 0.913. The highest BCUT2D eigenvalue weighted by atomic mass is 28.4. The van der Waals surface area contributed by atoms with Gasteiger partial charge in [0.25, 0.3) is 0 Å². The summed E-state index contributed by atoms with van der Waals surface area (Å²) in [5.41, 5.74) is 3.65. The van der Waals surface area contributed by atoms with Crippen LogP contribution in [0.1, 0.15) is 57.3 Å². The van der Waals surface area contributed by atoms with E-state index in [2.05, 4.69) is 75.2 Å². The lowest BCUT2D eigenvalue weighted by molar-refractivity contribution is 0.170. The van der Waals surface area contributed by atoms with Gasteiger partial charge in [-0.05, 0) is 72.8 Å². The van der Waals surface area contributed by atoms with Crippen molar-refractivity contribution in [3.8, 4) is 5.75 Å². The molecule has 0 aliphatic carbocycles. The van der Waals surface area contributed by atoms with Crippen molar-refractivity contribution in [2.24, 2.45) is 0 Å². The molecule has 0 N–H and O–H groups in total. The number of pyridine rings is 1. The van der Waals surface area contributed by atoms with Crippen LogP contribution in [0.2, 0.25) is 18.1 Å². The molecule has 31 heavy (non-hydrogen) atoms. The number of hydrogen-bond donors (Lipinski definition) is 0. The van der Waals surface area contributed by atoms with Crippen LogP contribution in [0.3, 0.4) is 0 Å². The number of rotatable bonds is 9. The van der Waals surface area contributed by atoms with Gasteiger partial charge >= 0.3 is 0 Å². The summed E-state index contributed by atoms with van der Waals surface area (Å²) in [6.45, 7) is 11.6. The van der Waals surface area contributed by atoms with E-state index in [4.69, 9.17) is 9.16 Å². The number of hydrogen-bond acceptors (Lipinski definition) is 3. The predicted molar refractivity (Wildman–Crippen MR) is 133 cm³/mol. The van der Waals surface area contributed by atoms with Crippen molar-refractivity contribution in [3.63, 3.8) is 0 Å². The van der Waals surface area contributed by atoms with Gasteiger partial charge in [0, 0.05) is 11.6 Å². The Balaban J connectivity index is 1.71. The molecule has 166 valence electrons. The van der Waals surface area contributed by atoms with E-state index in [1.165, 1.54) is 16.5 Å². The van der Waals surface area contributed by atoms with Crippen LogP contribution in [-0.2, 0) is 10.8 Å². The molecule has 3 aromatic rings. The lowest BCUT2D eigenvalue weighted by Crippen LogP contribution is -2.41. The second kappa shape index (κ2) is 9.97. The maximum atomic E-state index is 6.91. The molecule has 1 atom stereocenters. The Labute approximate surface area is 189 Å². The molecule has 0 radical (unpaired) electrons. The van der Waals surface area contributed by atoms with Crippen molar-refractivity contribution < 1.29 is 9.16 Å². The minimum Gasteiger partial charge on any atom is -0.497 e. The quantitative estimate of drug-likeness (QED) is 0.255. The Morgan fingerprint density at radius 1 is 0.968 bits per heavy atom. The summed E-state index contributed by atoms with van der Waals surface area (Å²) in [6.07, 6.45) is 6.37. The van der Waals surface area contributed by atoms with Gasteiger partial charge in [0.05, 0.1) is 18.7 Å². The topological polar surface area (TPSA) is 31.4 Å². The first-order valence-electron chi connectivity index (χ1n) is 11.3. The molecule has 0 saturated carbocycles. The van der Waals surface area contributed by atoms with Crippen molar-refractivity contribution in [2.45, 2.75) is 70.7 Å². The summed E-state index contributed by atoms with van der Waals surface area (Å²) in [4.78, 5) is 4.57. The zero-order valence-corrected chi connectivity index (χ0v) is 20.9. The highest BCUT2D eigenvalue weighted by Crippen LogP contribution is 2.41. The first-order valence-corrected chi connectivity index (χ1v) is 14.3. The molecule has 0 amide bonds. The first kappa shape index (κ1) is 23.5. The minimum atomic E-state index is -1.89. The van der Waals surface area contributed by atoms with Gasteiger partial charge in [-0.1, -0.05) is 57.5 Å². The van der Waals surface area contributed by atoms with Gasteiger partial charge in [-0.3, -0.25) is 4.98 Å². The van der Waals surface area contributed by atoms with E-state index in [1.54, 1.807) is 7.11 Å². The maximum absolute atomic E-state index is 6.91. The van der Waals surface area contributed by atoms with E-state index in [9.17, 15) is 0 Å². The van der Waals surface area contributed by atoms with E-state index in [0.717, 1.165) is 36.9 Å². The molecular formula is C27H37NO2Si. The highest BCUT2D eigenvalue weighted by Gasteiger charge is 2.39. The molecule has 0 spiro atoms. The Morgan fingerprint density at radius 2 is 1.71 bits per heavy atom. The van der Waals surface area contributed by atoms with Crippen molar-refractivity contribution in [3.05, 3.63) is 71.9 Å². The van der Waals surface area contributed by atoms with Gasteiger partial charge in [0.2, 0.25) is 0 Å². The normalized spacial score (nSPS) is 13.4. The SMILES string of the molecule is COc1ccc(CCCCC(O[Si](C)(C)C(C)(C)C)c2ccc3cccnc3c2)cc1. The molecular weight excluding hydrogens is 398 g/mol. The number of ether oxygens (including phenoxy) is 1. The number of unbranched alkanes of at least 4 members (excludes halogenated alkanes) is 1. The van der Waals surface area contributed by atoms with Gasteiger partial charge in [-0.15, -0.1) is 0 Å². The van der Waals surface area contributed by atoms with E-state index in [-0.39, 0.29) is 11.1 Å². The average molecular weight is 436 g/mol. The summed E-state index contributed by atoms with van der Waals surface area (Å²) < 4.78 is 12.2. The molecule has 1 unspecified atom stereocenters. The number of nitrogens with zero attached hydrogens (tertiary/aromatic N) is 1. The summed E-state index contributed by atoms with van der Waals surface area (Å²) in [6, 6.07) is 19.1. The van der Waals surface area contributed by atoms with E-state index < -0.39 is 8.32 Å². The van der Waals surface area contributed by atoms with Gasteiger partial charge in [0.15, 0.2) is 8.32 Å². The molecule has 3 nitrogen and oxygen atoms in total. The molecule has 0 saturated heterocycles. The number of aromatic nitrogens is 1. The Kier molecular flexibility index (Phi) is 7.55. The van der Waals surface area contributed by atoms with E-state index in [0.29, 0.717) is 0 Å². The maximum Gasteiger partial charge on any atom is 0.192 e. The summed E-state index contributed by atoms with van der Waals surface area (Å²) >= 11 is 0. The van der Waals surface area contributed by atoms with Gasteiger partial charge in [-0.25, -0.2) is 0 Å². The zero-order valence-electron chi connectivity index (χ0n) is 19.9. The van der Waals surface area contributed by atoms with Crippen LogP contribution in [0.25, 0.3) is 10.9 Å². The molecule has 1 heterocycles. The fourth-order valence-electron chi connectivity index (χ4n) is 3.56. The largest absolute Gasteiger partial charge is 0.497 e. The fourth-order valence-corrected chi connectivity index (χ4v) is 4.88. The number of benzene rings is 2. The number of aryl methyl sites for hydroxylation is 1. The molecule has 4 heteroatoms. The Bertz CT molecular complexity index is 976. The third-order valence-corrected chi connectivity index (χ3v) is 11.1. The van der Waals surface area contributed by atoms with Crippen LogP contribution < -0.4 is 4.74 Å². The van der Waals surface area contributed by atoms with E-state index in [1.807, 2.05) is 24.4 Å². The van der Waals surface area contributed by atoms with Crippen molar-refractivity contribution >= 4 is 19.2 Å². The highest BCUT2D eigenvalue weighted by molar-refractivity contribution is 6.74. The standard InChI is InChI=1S/C27H37NO2Si/c1-27(2,3)31(5,6)30-26(23-16-15-22-11-9-19-28-25(22)20-23)12-8-7-10-21-13-17-24(29-4)18-14-21/h9,11,13-20,26H,7-8,10,12H2,1-6H3. The van der Waals surface area contributed by atoms with Crippen molar-refractivity contribution in [1.82, 2.24) is 4.98 Å².